The zero-order valence-electron chi connectivity index (χ0n) is 11.4. The number of amides is 1. The van der Waals surface area contributed by atoms with E-state index in [2.05, 4.69) is 17.0 Å². The Hall–Kier alpha value is -1.35. The minimum atomic E-state index is 0.172. The number of benzene rings is 1. The second kappa shape index (κ2) is 3.85. The largest absolute Gasteiger partial charge is 0.373 e. The van der Waals surface area contributed by atoms with Crippen molar-refractivity contribution in [1.29, 1.82) is 0 Å². The maximum absolute atomic E-state index is 12.7. The molecular formula is C17H19NO2. The van der Waals surface area contributed by atoms with Crippen LogP contribution in [0.3, 0.4) is 0 Å². The van der Waals surface area contributed by atoms with Gasteiger partial charge in [-0.05, 0) is 30.2 Å². The van der Waals surface area contributed by atoms with Crippen LogP contribution in [0.25, 0.3) is 0 Å². The normalized spacial score (nSPS) is 44.4. The van der Waals surface area contributed by atoms with Gasteiger partial charge in [0.2, 0.25) is 5.91 Å². The smallest absolute Gasteiger partial charge is 0.229 e. The summed E-state index contributed by atoms with van der Waals surface area (Å²) in [6, 6.07) is 10.3. The molecular weight excluding hydrogens is 250 g/mol. The maximum atomic E-state index is 12.7. The highest BCUT2D eigenvalue weighted by molar-refractivity contribution is 5.83. The highest BCUT2D eigenvalue weighted by atomic mass is 16.5. The van der Waals surface area contributed by atoms with Crippen molar-refractivity contribution in [2.24, 2.45) is 23.7 Å². The van der Waals surface area contributed by atoms with Crippen molar-refractivity contribution in [3.05, 3.63) is 35.9 Å². The van der Waals surface area contributed by atoms with Gasteiger partial charge in [0.1, 0.15) is 0 Å². The topological polar surface area (TPSA) is 29.5 Å². The molecule has 5 rings (SSSR count). The number of hydrogen-bond acceptors (Lipinski definition) is 2. The zero-order chi connectivity index (χ0) is 13.3. The molecule has 0 N–H and O–H groups in total. The lowest BCUT2D eigenvalue weighted by molar-refractivity contribution is -0.134. The van der Waals surface area contributed by atoms with Gasteiger partial charge in [0.15, 0.2) is 0 Å². The first-order valence-corrected chi connectivity index (χ1v) is 7.81. The molecule has 6 atom stereocenters. The Kier molecular flexibility index (Phi) is 2.18. The molecule has 4 fully saturated rings. The highest BCUT2D eigenvalue weighted by Crippen LogP contribution is 2.60. The lowest BCUT2D eigenvalue weighted by atomic mass is 9.60. The molecule has 104 valence electrons. The molecule has 3 heteroatoms. The first-order valence-electron chi connectivity index (χ1n) is 7.81. The molecule has 0 unspecified atom stereocenters. The van der Waals surface area contributed by atoms with E-state index in [0.717, 1.165) is 19.0 Å². The summed E-state index contributed by atoms with van der Waals surface area (Å²) in [6.07, 6.45) is 3.23. The number of rotatable bonds is 2. The Labute approximate surface area is 118 Å². The molecule has 3 saturated heterocycles. The Morgan fingerprint density at radius 2 is 1.80 bits per heavy atom. The number of carbonyl (C=O) groups excluding carboxylic acids is 1. The summed E-state index contributed by atoms with van der Waals surface area (Å²) < 4.78 is 6.15. The molecule has 1 aromatic carbocycles. The third-order valence-electron chi connectivity index (χ3n) is 6.02. The second-order valence-electron chi connectivity index (χ2n) is 6.86. The molecule has 3 nitrogen and oxygen atoms in total. The van der Waals surface area contributed by atoms with E-state index in [1.807, 2.05) is 18.2 Å². The van der Waals surface area contributed by atoms with Crippen molar-refractivity contribution >= 4 is 5.91 Å². The fourth-order valence-electron chi connectivity index (χ4n) is 5.01. The molecule has 2 bridgehead atoms. The fourth-order valence-corrected chi connectivity index (χ4v) is 5.01. The Morgan fingerprint density at radius 3 is 2.55 bits per heavy atom. The first kappa shape index (κ1) is 11.3. The number of hydrogen-bond donors (Lipinski definition) is 0. The quantitative estimate of drug-likeness (QED) is 0.822. The van der Waals surface area contributed by atoms with E-state index in [9.17, 15) is 4.79 Å². The standard InChI is InChI=1S/C17H19NO2/c19-17-14-13(15-11-6-7-12(11)16(14)20-15)9-18(17)8-10-4-2-1-3-5-10/h1-5,11-16H,6-9H2/t11-,12+,13+,14-,15-,16+/m1/s1. The van der Waals surface area contributed by atoms with Gasteiger partial charge in [-0.15, -0.1) is 0 Å². The zero-order valence-corrected chi connectivity index (χ0v) is 11.4. The number of ether oxygens (including phenoxy) is 1. The van der Waals surface area contributed by atoms with E-state index < -0.39 is 0 Å². The minimum Gasteiger partial charge on any atom is -0.373 e. The van der Waals surface area contributed by atoms with Crippen LogP contribution in [0.5, 0.6) is 0 Å². The van der Waals surface area contributed by atoms with Gasteiger partial charge in [-0.3, -0.25) is 4.79 Å². The average molecular weight is 269 g/mol. The Bertz CT molecular complexity index is 557. The Morgan fingerprint density at radius 1 is 1.05 bits per heavy atom. The third kappa shape index (κ3) is 1.32. The molecule has 1 amide bonds. The van der Waals surface area contributed by atoms with Crippen LogP contribution < -0.4 is 0 Å². The first-order chi connectivity index (χ1) is 9.83. The van der Waals surface area contributed by atoms with Crippen molar-refractivity contribution in [2.75, 3.05) is 6.54 Å². The summed E-state index contributed by atoms with van der Waals surface area (Å²) in [5.41, 5.74) is 1.23. The number of likely N-dealkylation sites (tertiary alicyclic amines) is 1. The van der Waals surface area contributed by atoms with Crippen molar-refractivity contribution in [3.8, 4) is 0 Å². The van der Waals surface area contributed by atoms with Crippen LogP contribution in [0.4, 0.5) is 0 Å². The van der Waals surface area contributed by atoms with Crippen molar-refractivity contribution in [1.82, 2.24) is 4.90 Å². The van der Waals surface area contributed by atoms with Crippen LogP contribution in [-0.4, -0.2) is 29.6 Å². The average Bonchev–Trinajstić information content (AvgIpc) is 2.99. The van der Waals surface area contributed by atoms with Crippen molar-refractivity contribution in [3.63, 3.8) is 0 Å². The molecule has 0 radical (unpaired) electrons. The van der Waals surface area contributed by atoms with Gasteiger partial charge < -0.3 is 9.64 Å². The van der Waals surface area contributed by atoms with Gasteiger partial charge in [0, 0.05) is 19.0 Å². The van der Waals surface area contributed by atoms with E-state index in [1.165, 1.54) is 18.4 Å². The number of fused-ring (bicyclic) bond motifs is 8. The van der Waals surface area contributed by atoms with Gasteiger partial charge in [0.05, 0.1) is 18.1 Å². The van der Waals surface area contributed by atoms with Crippen LogP contribution >= 0.6 is 0 Å². The molecule has 20 heavy (non-hydrogen) atoms. The molecule has 1 aromatic rings. The summed E-state index contributed by atoms with van der Waals surface area (Å²) in [4.78, 5) is 14.8. The predicted molar refractivity (Wildman–Crippen MR) is 73.7 cm³/mol. The Balaban J connectivity index is 1.39. The van der Waals surface area contributed by atoms with Crippen molar-refractivity contribution in [2.45, 2.75) is 31.6 Å². The minimum absolute atomic E-state index is 0.172. The van der Waals surface area contributed by atoms with Gasteiger partial charge in [-0.2, -0.15) is 0 Å². The lowest BCUT2D eigenvalue weighted by Crippen LogP contribution is -2.45. The predicted octanol–water partition coefficient (Wildman–Crippen LogP) is 2.07. The van der Waals surface area contributed by atoms with Crippen LogP contribution in [0.1, 0.15) is 18.4 Å². The third-order valence-corrected chi connectivity index (χ3v) is 6.02. The summed E-state index contributed by atoms with van der Waals surface area (Å²) in [7, 11) is 0. The number of carbonyl (C=O) groups is 1. The molecule has 3 heterocycles. The molecule has 3 aliphatic heterocycles. The summed E-state index contributed by atoms with van der Waals surface area (Å²) in [5.74, 6) is 2.45. The highest BCUT2D eigenvalue weighted by Gasteiger charge is 2.67. The van der Waals surface area contributed by atoms with Gasteiger partial charge >= 0.3 is 0 Å². The molecule has 0 aromatic heterocycles. The second-order valence-corrected chi connectivity index (χ2v) is 6.86. The summed E-state index contributed by atoms with van der Waals surface area (Å²) in [5, 5.41) is 0. The SMILES string of the molecule is O=C1[C@@H]2[C@H](CN1Cc1ccccc1)[C@@H]1O[C@H]2[C@H]2CC[C@H]21. The van der Waals surface area contributed by atoms with E-state index in [0.29, 0.717) is 23.8 Å². The molecule has 1 saturated carbocycles. The summed E-state index contributed by atoms with van der Waals surface area (Å²) >= 11 is 0. The molecule has 0 spiro atoms. The van der Waals surface area contributed by atoms with Crippen molar-refractivity contribution < 1.29 is 9.53 Å². The van der Waals surface area contributed by atoms with Gasteiger partial charge in [0.25, 0.3) is 0 Å². The van der Waals surface area contributed by atoms with E-state index in [1.54, 1.807) is 0 Å². The fraction of sp³-hybridized carbons (Fsp3) is 0.588. The van der Waals surface area contributed by atoms with E-state index in [4.69, 9.17) is 4.74 Å². The number of nitrogens with zero attached hydrogens (tertiary/aromatic N) is 1. The molecule has 4 aliphatic rings. The lowest BCUT2D eigenvalue weighted by Gasteiger charge is -2.40. The van der Waals surface area contributed by atoms with Gasteiger partial charge in [-0.25, -0.2) is 0 Å². The summed E-state index contributed by atoms with van der Waals surface area (Å²) in [6.45, 7) is 1.67. The van der Waals surface area contributed by atoms with Gasteiger partial charge in [-0.1, -0.05) is 30.3 Å². The van der Waals surface area contributed by atoms with E-state index in [-0.39, 0.29) is 12.0 Å². The van der Waals surface area contributed by atoms with E-state index >= 15 is 0 Å². The maximum Gasteiger partial charge on any atom is 0.229 e. The monoisotopic (exact) mass is 269 g/mol. The van der Waals surface area contributed by atoms with Crippen LogP contribution in [-0.2, 0) is 16.1 Å². The van der Waals surface area contributed by atoms with Crippen LogP contribution in [0.15, 0.2) is 30.3 Å². The van der Waals surface area contributed by atoms with Crippen LogP contribution in [0, 0.1) is 23.7 Å². The van der Waals surface area contributed by atoms with Crippen LogP contribution in [0.2, 0.25) is 0 Å². The molecule has 1 aliphatic carbocycles.